The third kappa shape index (κ3) is 7.10. The maximum atomic E-state index is 13.6. The van der Waals surface area contributed by atoms with Gasteiger partial charge in [0.05, 0.1) is 23.7 Å². The molecule has 2 atom stereocenters. The summed E-state index contributed by atoms with van der Waals surface area (Å²) in [6.45, 7) is 15.7. The van der Waals surface area contributed by atoms with E-state index in [-0.39, 0.29) is 41.3 Å². The quantitative estimate of drug-likeness (QED) is 0.240. The molecule has 14 heteroatoms. The minimum Gasteiger partial charge on any atom is -0.371 e. The molecular weight excluding hydrogens is 768 g/mol. The standard InChI is InChI=1S/C45H49ClN8O5/c1-28-24-45(27-53(28)33-9-11-38(47-2)37(46)23-33)16-20-50(21-17-45)30-6-4-29(5-7-30)42(57)51-18-14-31(15-19-51)52-25-34(26-52)49(3)32-8-10-35-36(22-32)44(59)54(43(35)58)39-12-13-40(55)48-41(39)56/h4-11,22-23,28,31,34,39H,12-21,24-27H2,1,3H3,(H,48,55,56)/t28-,39?/m0/s1. The van der Waals surface area contributed by atoms with E-state index in [1.165, 1.54) is 0 Å². The second kappa shape index (κ2) is 15.3. The van der Waals surface area contributed by atoms with Gasteiger partial charge in [0, 0.05) is 99.0 Å². The van der Waals surface area contributed by atoms with Crippen LogP contribution in [0.25, 0.3) is 4.85 Å². The lowest BCUT2D eigenvalue weighted by Gasteiger charge is -2.50. The van der Waals surface area contributed by atoms with Gasteiger partial charge in [0.2, 0.25) is 17.5 Å². The molecule has 0 aliphatic carbocycles. The Hall–Kier alpha value is -5.45. The van der Waals surface area contributed by atoms with Crippen LogP contribution in [-0.4, -0.2) is 121 Å². The van der Waals surface area contributed by atoms with Crippen molar-refractivity contribution in [2.45, 2.75) is 76.0 Å². The Bertz CT molecular complexity index is 2250. The highest BCUT2D eigenvalue weighted by Gasteiger charge is 2.46. The number of rotatable bonds is 7. The highest BCUT2D eigenvalue weighted by Crippen LogP contribution is 2.46. The van der Waals surface area contributed by atoms with Crippen molar-refractivity contribution in [3.05, 3.63) is 93.8 Å². The summed E-state index contributed by atoms with van der Waals surface area (Å²) in [7, 11) is 2.00. The SMILES string of the molecule is [C-]#[N+]c1ccc(N2CC3(CCN(c4ccc(C(=O)N5CCC(N6CC(N(C)c7ccc8c(c7)C(=O)N(C7CCC(=O)NC7=O)C8=O)C6)CC5)cc4)CC3)C[C@@H]2C)cc1Cl. The number of hydrogen-bond acceptors (Lipinski definition) is 9. The van der Waals surface area contributed by atoms with E-state index in [0.29, 0.717) is 35.9 Å². The van der Waals surface area contributed by atoms with Gasteiger partial charge in [0.25, 0.3) is 17.7 Å². The van der Waals surface area contributed by atoms with E-state index in [0.717, 1.165) is 92.4 Å². The molecule has 0 aromatic heterocycles. The summed E-state index contributed by atoms with van der Waals surface area (Å²) in [5.41, 5.74) is 5.12. The summed E-state index contributed by atoms with van der Waals surface area (Å²) in [4.78, 5) is 80.2. The first-order chi connectivity index (χ1) is 28.4. The highest BCUT2D eigenvalue weighted by molar-refractivity contribution is 6.33. The number of nitrogens with one attached hydrogen (secondary N) is 1. The number of imide groups is 2. The molecule has 1 N–H and O–H groups in total. The number of likely N-dealkylation sites (N-methyl/N-ethyl adjacent to an activating group) is 1. The van der Waals surface area contributed by atoms with Crippen molar-refractivity contribution in [2.75, 3.05) is 67.6 Å². The predicted molar refractivity (Wildman–Crippen MR) is 225 cm³/mol. The van der Waals surface area contributed by atoms with Crippen LogP contribution >= 0.6 is 11.6 Å². The lowest BCUT2D eigenvalue weighted by atomic mass is 9.76. The van der Waals surface area contributed by atoms with Crippen LogP contribution in [0.1, 0.15) is 82.9 Å². The van der Waals surface area contributed by atoms with Gasteiger partial charge in [-0.3, -0.25) is 39.1 Å². The summed E-state index contributed by atoms with van der Waals surface area (Å²) in [6, 6.07) is 19.3. The van der Waals surface area contributed by atoms with Gasteiger partial charge in [-0.05, 0) is 105 Å². The third-order valence-corrected chi connectivity index (χ3v) is 14.3. The van der Waals surface area contributed by atoms with Crippen molar-refractivity contribution >= 4 is 63.9 Å². The second-order valence-corrected chi connectivity index (χ2v) is 17.8. The topological polar surface area (TPSA) is 121 Å². The number of amides is 5. The number of fused-ring (bicyclic) bond motifs is 1. The molecule has 0 bridgehead atoms. The second-order valence-electron chi connectivity index (χ2n) is 17.4. The molecule has 5 fully saturated rings. The zero-order chi connectivity index (χ0) is 41.2. The van der Waals surface area contributed by atoms with Gasteiger partial charge in [0.1, 0.15) is 6.04 Å². The van der Waals surface area contributed by atoms with E-state index in [4.69, 9.17) is 18.2 Å². The van der Waals surface area contributed by atoms with Crippen LogP contribution in [-0.2, 0) is 9.59 Å². The van der Waals surface area contributed by atoms with E-state index in [1.54, 1.807) is 12.1 Å². The van der Waals surface area contributed by atoms with Crippen LogP contribution in [0, 0.1) is 12.0 Å². The van der Waals surface area contributed by atoms with Crippen molar-refractivity contribution in [2.24, 2.45) is 5.41 Å². The molecule has 3 aromatic carbocycles. The molecule has 1 unspecified atom stereocenters. The predicted octanol–water partition coefficient (Wildman–Crippen LogP) is 5.60. The first kappa shape index (κ1) is 39.0. The molecule has 0 radical (unpaired) electrons. The molecule has 13 nitrogen and oxygen atoms in total. The van der Waals surface area contributed by atoms with Crippen molar-refractivity contribution in [1.29, 1.82) is 0 Å². The number of benzene rings is 3. The molecule has 3 aromatic rings. The summed E-state index contributed by atoms with van der Waals surface area (Å²) >= 11 is 6.39. The molecule has 9 rings (SSSR count). The summed E-state index contributed by atoms with van der Waals surface area (Å²) in [5, 5.41) is 2.75. The van der Waals surface area contributed by atoms with Crippen LogP contribution in [0.5, 0.6) is 0 Å². The molecular formula is C45H49ClN8O5. The number of carbonyl (C=O) groups is 5. The fourth-order valence-electron chi connectivity index (χ4n) is 10.4. The molecule has 306 valence electrons. The fraction of sp³-hybridized carbons (Fsp3) is 0.467. The molecule has 5 saturated heterocycles. The zero-order valence-electron chi connectivity index (χ0n) is 33.5. The number of carbonyl (C=O) groups excluding carboxylic acids is 5. The van der Waals surface area contributed by atoms with Gasteiger partial charge < -0.3 is 19.6 Å². The van der Waals surface area contributed by atoms with E-state index in [9.17, 15) is 24.0 Å². The Morgan fingerprint density at radius 2 is 1.58 bits per heavy atom. The Kier molecular flexibility index (Phi) is 10.1. The van der Waals surface area contributed by atoms with Gasteiger partial charge in [-0.15, -0.1) is 0 Å². The van der Waals surface area contributed by atoms with Crippen LogP contribution in [0.2, 0.25) is 5.02 Å². The average Bonchev–Trinajstić information content (AvgIpc) is 3.68. The lowest BCUT2D eigenvalue weighted by molar-refractivity contribution is -0.136. The Morgan fingerprint density at radius 1 is 0.881 bits per heavy atom. The largest absolute Gasteiger partial charge is 0.371 e. The van der Waals surface area contributed by atoms with Gasteiger partial charge in [-0.1, -0.05) is 17.7 Å². The number of hydrogen-bond donors (Lipinski definition) is 1. The van der Waals surface area contributed by atoms with Gasteiger partial charge in [0.15, 0.2) is 0 Å². The Labute approximate surface area is 349 Å². The first-order valence-corrected chi connectivity index (χ1v) is 21.2. The molecule has 1 spiro atoms. The van der Waals surface area contributed by atoms with Crippen LogP contribution in [0.3, 0.4) is 0 Å². The van der Waals surface area contributed by atoms with Crippen LogP contribution in [0.4, 0.5) is 22.7 Å². The Balaban J connectivity index is 0.733. The molecule has 6 aliphatic heterocycles. The maximum absolute atomic E-state index is 13.6. The normalized spacial score (nSPS) is 23.7. The zero-order valence-corrected chi connectivity index (χ0v) is 34.3. The van der Waals surface area contributed by atoms with Crippen LogP contribution < -0.4 is 20.0 Å². The average molecular weight is 817 g/mol. The number of piperidine rings is 3. The highest BCUT2D eigenvalue weighted by atomic mass is 35.5. The summed E-state index contributed by atoms with van der Waals surface area (Å²) in [6.07, 6.45) is 5.39. The summed E-state index contributed by atoms with van der Waals surface area (Å²) < 4.78 is 0. The minimum absolute atomic E-state index is 0.0826. The fourth-order valence-corrected chi connectivity index (χ4v) is 10.6. The van der Waals surface area contributed by atoms with E-state index in [1.807, 2.05) is 48.3 Å². The molecule has 5 amide bonds. The summed E-state index contributed by atoms with van der Waals surface area (Å²) in [5.74, 6) is -1.93. The van der Waals surface area contributed by atoms with Crippen molar-refractivity contribution < 1.29 is 24.0 Å². The number of likely N-dealkylation sites (tertiary alicyclic amines) is 2. The Morgan fingerprint density at radius 3 is 2.25 bits per heavy atom. The molecule has 0 saturated carbocycles. The molecule has 59 heavy (non-hydrogen) atoms. The van der Waals surface area contributed by atoms with E-state index < -0.39 is 29.7 Å². The number of halogens is 1. The van der Waals surface area contributed by atoms with Crippen LogP contribution in [0.15, 0.2) is 60.7 Å². The van der Waals surface area contributed by atoms with Gasteiger partial charge in [-0.2, -0.15) is 0 Å². The minimum atomic E-state index is -0.984. The van der Waals surface area contributed by atoms with Gasteiger partial charge in [-0.25, -0.2) is 4.85 Å². The third-order valence-electron chi connectivity index (χ3n) is 14.0. The van der Waals surface area contributed by atoms with Crippen molar-refractivity contribution in [3.8, 4) is 0 Å². The molecule has 6 aliphatic rings. The first-order valence-electron chi connectivity index (χ1n) is 20.8. The maximum Gasteiger partial charge on any atom is 0.262 e. The van der Waals surface area contributed by atoms with Crippen molar-refractivity contribution in [3.63, 3.8) is 0 Å². The smallest absolute Gasteiger partial charge is 0.262 e. The lowest BCUT2D eigenvalue weighted by Crippen LogP contribution is -2.63. The van der Waals surface area contributed by atoms with E-state index >= 15 is 0 Å². The van der Waals surface area contributed by atoms with E-state index in [2.05, 4.69) is 48.8 Å². The van der Waals surface area contributed by atoms with Crippen molar-refractivity contribution in [1.82, 2.24) is 20.0 Å². The number of nitrogens with zero attached hydrogens (tertiary/aromatic N) is 7. The van der Waals surface area contributed by atoms with Gasteiger partial charge >= 0.3 is 0 Å². The number of anilines is 3. The monoisotopic (exact) mass is 816 g/mol. The molecule has 6 heterocycles.